The van der Waals surface area contributed by atoms with Gasteiger partial charge in [-0.25, -0.2) is 4.39 Å². The van der Waals surface area contributed by atoms with Crippen molar-refractivity contribution in [2.75, 3.05) is 7.05 Å². The molecule has 20 heavy (non-hydrogen) atoms. The van der Waals surface area contributed by atoms with E-state index in [1.54, 1.807) is 6.07 Å². The highest BCUT2D eigenvalue weighted by atomic mass is 35.5. The number of benzene rings is 2. The Hall–Kier alpha value is -1.09. The SMILES string of the molecule is CNC(Cc1ccc(C)cc1Cl)c1ccc(Cl)c(F)c1. The lowest BCUT2D eigenvalue weighted by Gasteiger charge is -2.18. The summed E-state index contributed by atoms with van der Waals surface area (Å²) in [4.78, 5) is 0. The van der Waals surface area contributed by atoms with Crippen molar-refractivity contribution in [2.45, 2.75) is 19.4 Å². The lowest BCUT2D eigenvalue weighted by atomic mass is 9.98. The van der Waals surface area contributed by atoms with Crippen LogP contribution in [0.1, 0.15) is 22.7 Å². The molecule has 106 valence electrons. The van der Waals surface area contributed by atoms with Gasteiger partial charge in [0.25, 0.3) is 0 Å². The van der Waals surface area contributed by atoms with E-state index in [0.717, 1.165) is 21.7 Å². The molecule has 0 aliphatic heterocycles. The normalized spacial score (nSPS) is 12.4. The summed E-state index contributed by atoms with van der Waals surface area (Å²) in [6, 6.07) is 10.8. The maximum Gasteiger partial charge on any atom is 0.142 e. The largest absolute Gasteiger partial charge is 0.313 e. The van der Waals surface area contributed by atoms with E-state index < -0.39 is 5.82 Å². The average molecular weight is 312 g/mol. The van der Waals surface area contributed by atoms with Gasteiger partial charge in [-0.05, 0) is 55.3 Å². The van der Waals surface area contributed by atoms with Gasteiger partial charge in [0.05, 0.1) is 5.02 Å². The zero-order valence-corrected chi connectivity index (χ0v) is 12.9. The molecule has 1 unspecified atom stereocenters. The lowest BCUT2D eigenvalue weighted by Crippen LogP contribution is -2.19. The van der Waals surface area contributed by atoms with Gasteiger partial charge >= 0.3 is 0 Å². The van der Waals surface area contributed by atoms with Crippen molar-refractivity contribution in [1.82, 2.24) is 5.32 Å². The number of nitrogens with one attached hydrogen (secondary N) is 1. The van der Waals surface area contributed by atoms with Crippen molar-refractivity contribution >= 4 is 23.2 Å². The topological polar surface area (TPSA) is 12.0 Å². The summed E-state index contributed by atoms with van der Waals surface area (Å²) in [5, 5.41) is 4.06. The second kappa shape index (κ2) is 6.57. The summed E-state index contributed by atoms with van der Waals surface area (Å²) in [6.07, 6.45) is 0.691. The molecule has 4 heteroatoms. The molecule has 0 spiro atoms. The molecule has 0 aliphatic carbocycles. The zero-order valence-electron chi connectivity index (χ0n) is 11.4. The summed E-state index contributed by atoms with van der Waals surface area (Å²) in [5.74, 6) is -0.403. The van der Waals surface area contributed by atoms with Crippen LogP contribution in [0.4, 0.5) is 4.39 Å². The van der Waals surface area contributed by atoms with Crippen molar-refractivity contribution < 1.29 is 4.39 Å². The van der Waals surface area contributed by atoms with E-state index in [1.807, 2.05) is 38.2 Å². The Morgan fingerprint density at radius 2 is 1.85 bits per heavy atom. The van der Waals surface area contributed by atoms with Gasteiger partial charge in [0, 0.05) is 11.1 Å². The second-order valence-corrected chi connectivity index (χ2v) is 5.63. The summed E-state index contributed by atoms with van der Waals surface area (Å²) >= 11 is 12.0. The average Bonchev–Trinajstić information content (AvgIpc) is 2.41. The van der Waals surface area contributed by atoms with Crippen molar-refractivity contribution in [2.24, 2.45) is 0 Å². The number of rotatable bonds is 4. The van der Waals surface area contributed by atoms with E-state index in [4.69, 9.17) is 23.2 Å². The molecule has 2 rings (SSSR count). The molecule has 2 aromatic carbocycles. The van der Waals surface area contributed by atoms with Crippen LogP contribution in [0.25, 0.3) is 0 Å². The standard InChI is InChI=1S/C16H16Cl2FN/c1-10-3-4-11(14(18)7-10)9-16(20-2)12-5-6-13(17)15(19)8-12/h3-8,16,20H,9H2,1-2H3. The van der Waals surface area contributed by atoms with Crippen molar-refractivity contribution in [3.63, 3.8) is 0 Å². The molecular formula is C16H16Cl2FN. The molecular weight excluding hydrogens is 296 g/mol. The van der Waals surface area contributed by atoms with Gasteiger partial charge < -0.3 is 5.32 Å². The molecule has 1 nitrogen and oxygen atoms in total. The molecule has 0 amide bonds. The first kappa shape index (κ1) is 15.3. The molecule has 0 aromatic heterocycles. The summed E-state index contributed by atoms with van der Waals surface area (Å²) in [5.41, 5.74) is 3.01. The lowest BCUT2D eigenvalue weighted by molar-refractivity contribution is 0.577. The zero-order chi connectivity index (χ0) is 14.7. The Kier molecular flexibility index (Phi) is 5.03. The van der Waals surface area contributed by atoms with E-state index in [1.165, 1.54) is 6.07 Å². The summed E-state index contributed by atoms with van der Waals surface area (Å²) in [6.45, 7) is 2.00. The molecule has 2 aromatic rings. The fraction of sp³-hybridized carbons (Fsp3) is 0.250. The fourth-order valence-electron chi connectivity index (χ4n) is 2.15. The van der Waals surface area contributed by atoms with Crippen LogP contribution in [0.15, 0.2) is 36.4 Å². The predicted octanol–water partition coefficient (Wildman–Crippen LogP) is 4.94. The van der Waals surface area contributed by atoms with Gasteiger partial charge in [0.15, 0.2) is 0 Å². The number of hydrogen-bond acceptors (Lipinski definition) is 1. The summed E-state index contributed by atoms with van der Waals surface area (Å²) < 4.78 is 13.6. The van der Waals surface area contributed by atoms with E-state index in [2.05, 4.69) is 5.32 Å². The Labute approximate surface area is 128 Å². The van der Waals surface area contributed by atoms with Gasteiger partial charge in [-0.3, -0.25) is 0 Å². The van der Waals surface area contributed by atoms with Crippen LogP contribution in [-0.4, -0.2) is 7.05 Å². The van der Waals surface area contributed by atoms with Gasteiger partial charge in [0.2, 0.25) is 0 Å². The third-order valence-electron chi connectivity index (χ3n) is 3.33. The van der Waals surface area contributed by atoms with Crippen LogP contribution in [0.2, 0.25) is 10.0 Å². The van der Waals surface area contributed by atoms with Crippen LogP contribution >= 0.6 is 23.2 Å². The Morgan fingerprint density at radius 1 is 1.10 bits per heavy atom. The van der Waals surface area contributed by atoms with E-state index in [9.17, 15) is 4.39 Å². The van der Waals surface area contributed by atoms with Crippen LogP contribution in [0, 0.1) is 12.7 Å². The maximum atomic E-state index is 13.6. The quantitative estimate of drug-likeness (QED) is 0.843. The Balaban J connectivity index is 2.26. The molecule has 0 aliphatic rings. The van der Waals surface area contributed by atoms with E-state index >= 15 is 0 Å². The highest BCUT2D eigenvalue weighted by molar-refractivity contribution is 6.31. The molecule has 0 heterocycles. The molecule has 0 saturated carbocycles. The van der Waals surface area contributed by atoms with Crippen molar-refractivity contribution in [3.05, 3.63) is 69.0 Å². The van der Waals surface area contributed by atoms with Gasteiger partial charge in [-0.1, -0.05) is 41.4 Å². The van der Waals surface area contributed by atoms with Crippen LogP contribution < -0.4 is 5.32 Å². The monoisotopic (exact) mass is 311 g/mol. The molecule has 0 radical (unpaired) electrons. The van der Waals surface area contributed by atoms with E-state index in [0.29, 0.717) is 6.42 Å². The minimum absolute atomic E-state index is 0.0121. The van der Waals surface area contributed by atoms with Gasteiger partial charge in [0.1, 0.15) is 5.82 Å². The first-order valence-corrected chi connectivity index (χ1v) is 7.14. The predicted molar refractivity (Wildman–Crippen MR) is 83.1 cm³/mol. The first-order valence-electron chi connectivity index (χ1n) is 6.38. The van der Waals surface area contributed by atoms with Crippen molar-refractivity contribution in [3.8, 4) is 0 Å². The van der Waals surface area contributed by atoms with E-state index in [-0.39, 0.29) is 11.1 Å². The van der Waals surface area contributed by atoms with Gasteiger partial charge in [-0.15, -0.1) is 0 Å². The van der Waals surface area contributed by atoms with Crippen LogP contribution in [0.3, 0.4) is 0 Å². The smallest absolute Gasteiger partial charge is 0.142 e. The Morgan fingerprint density at radius 3 is 2.45 bits per heavy atom. The van der Waals surface area contributed by atoms with Gasteiger partial charge in [-0.2, -0.15) is 0 Å². The minimum Gasteiger partial charge on any atom is -0.313 e. The fourth-order valence-corrected chi connectivity index (χ4v) is 2.58. The molecule has 0 saturated heterocycles. The summed E-state index contributed by atoms with van der Waals surface area (Å²) in [7, 11) is 1.85. The third-order valence-corrected chi connectivity index (χ3v) is 3.99. The molecule has 0 fully saturated rings. The number of hydrogen-bond donors (Lipinski definition) is 1. The van der Waals surface area contributed by atoms with Crippen LogP contribution in [-0.2, 0) is 6.42 Å². The Bertz CT molecular complexity index is 613. The third kappa shape index (κ3) is 3.51. The van der Waals surface area contributed by atoms with Crippen molar-refractivity contribution in [1.29, 1.82) is 0 Å². The number of aryl methyl sites for hydroxylation is 1. The first-order chi connectivity index (χ1) is 9.51. The number of halogens is 3. The maximum absolute atomic E-state index is 13.6. The minimum atomic E-state index is -0.403. The highest BCUT2D eigenvalue weighted by Crippen LogP contribution is 2.26. The number of likely N-dealkylation sites (N-methyl/N-ethyl adjacent to an activating group) is 1. The van der Waals surface area contributed by atoms with Crippen LogP contribution in [0.5, 0.6) is 0 Å². The highest BCUT2D eigenvalue weighted by Gasteiger charge is 2.14. The second-order valence-electron chi connectivity index (χ2n) is 4.81. The molecule has 1 N–H and O–H groups in total. The molecule has 1 atom stereocenters. The molecule has 0 bridgehead atoms.